The van der Waals surface area contributed by atoms with Gasteiger partial charge in [0, 0.05) is 6.54 Å². The fourth-order valence-electron chi connectivity index (χ4n) is 5.40. The average molecular weight is 507 g/mol. The third-order valence-electron chi connectivity index (χ3n) is 7.36. The number of carbonyl (C=O) groups is 2. The Morgan fingerprint density at radius 2 is 1.63 bits per heavy atom. The lowest BCUT2D eigenvalue weighted by Crippen LogP contribution is -2.41. The molecular formula is C33H34N2O3. The van der Waals surface area contributed by atoms with E-state index in [0.717, 1.165) is 46.0 Å². The number of ether oxygens (including phenoxy) is 1. The first kappa shape index (κ1) is 25.5. The number of hydrogen-bond acceptors (Lipinski definition) is 4. The number of aryl methyl sites for hydroxylation is 1. The zero-order chi connectivity index (χ0) is 26.9. The first-order valence-electron chi connectivity index (χ1n) is 13.2. The number of nitrogens with zero attached hydrogens (tertiary/aromatic N) is 1. The molecule has 5 nitrogen and oxygen atoms in total. The minimum atomic E-state index is -0.709. The fourth-order valence-corrected chi connectivity index (χ4v) is 5.40. The molecule has 2 N–H and O–H groups in total. The highest BCUT2D eigenvalue weighted by Gasteiger charge is 2.33. The van der Waals surface area contributed by atoms with Crippen molar-refractivity contribution in [1.29, 1.82) is 0 Å². The van der Waals surface area contributed by atoms with Crippen LogP contribution in [0.5, 0.6) is 0 Å². The largest absolute Gasteiger partial charge is 0.457 e. The third kappa shape index (κ3) is 5.01. The molecule has 4 aromatic rings. The summed E-state index contributed by atoms with van der Waals surface area (Å²) in [5.74, 6) is -0.855. The van der Waals surface area contributed by atoms with Crippen molar-refractivity contribution in [2.24, 2.45) is 5.73 Å². The van der Waals surface area contributed by atoms with Crippen LogP contribution in [0.3, 0.4) is 0 Å². The van der Waals surface area contributed by atoms with Crippen molar-refractivity contribution < 1.29 is 14.3 Å². The minimum absolute atomic E-state index is 0.0583. The summed E-state index contributed by atoms with van der Waals surface area (Å²) in [6, 6.07) is 27.0. The van der Waals surface area contributed by atoms with E-state index >= 15 is 0 Å². The van der Waals surface area contributed by atoms with Crippen LogP contribution in [-0.4, -0.2) is 18.4 Å². The maximum absolute atomic E-state index is 13.4. The molecule has 38 heavy (non-hydrogen) atoms. The Bertz CT molecular complexity index is 1480. The summed E-state index contributed by atoms with van der Waals surface area (Å²) in [4.78, 5) is 28.4. The highest BCUT2D eigenvalue weighted by molar-refractivity contribution is 6.00. The molecule has 194 valence electrons. The highest BCUT2D eigenvalue weighted by Crippen LogP contribution is 2.39. The molecule has 0 saturated carbocycles. The molecule has 1 unspecified atom stereocenters. The van der Waals surface area contributed by atoms with E-state index < -0.39 is 17.9 Å². The van der Waals surface area contributed by atoms with Crippen LogP contribution in [0, 0.1) is 0 Å². The van der Waals surface area contributed by atoms with Gasteiger partial charge < -0.3 is 15.4 Å². The van der Waals surface area contributed by atoms with Crippen LogP contribution >= 0.6 is 0 Å². The van der Waals surface area contributed by atoms with Gasteiger partial charge in [-0.2, -0.15) is 0 Å². The standard InChI is InChI=1S/C33H34N2O3/c1-33(2,3)25-18-16-22(17-19-25)21-38-32(37)28-15-7-11-24-12-8-20-35(29(24)28)30(31(34)36)27-14-6-10-23-9-4-5-13-26(23)27/h4-7,9-11,13-19,30H,8,12,20-21H2,1-3H3,(H2,34,36). The number of primary amides is 1. The number of esters is 1. The van der Waals surface area contributed by atoms with Gasteiger partial charge in [0.15, 0.2) is 0 Å². The first-order valence-corrected chi connectivity index (χ1v) is 13.2. The topological polar surface area (TPSA) is 72.6 Å². The average Bonchev–Trinajstić information content (AvgIpc) is 2.91. The number of anilines is 1. The number of para-hydroxylation sites is 1. The van der Waals surface area contributed by atoms with Crippen molar-refractivity contribution in [2.75, 3.05) is 11.4 Å². The molecule has 1 amide bonds. The second-order valence-electron chi connectivity index (χ2n) is 11.0. The summed E-state index contributed by atoms with van der Waals surface area (Å²) in [7, 11) is 0. The summed E-state index contributed by atoms with van der Waals surface area (Å²) in [5.41, 5.74) is 11.3. The molecule has 0 fully saturated rings. The second-order valence-corrected chi connectivity index (χ2v) is 11.0. The molecule has 1 aliphatic heterocycles. The molecule has 1 aliphatic rings. The number of rotatable bonds is 6. The van der Waals surface area contributed by atoms with Gasteiger partial charge >= 0.3 is 5.97 Å². The smallest absolute Gasteiger partial charge is 0.340 e. The van der Waals surface area contributed by atoms with Crippen molar-refractivity contribution in [3.05, 3.63) is 113 Å². The van der Waals surface area contributed by atoms with Crippen LogP contribution < -0.4 is 10.6 Å². The van der Waals surface area contributed by atoms with Crippen LogP contribution in [0.4, 0.5) is 5.69 Å². The summed E-state index contributed by atoms with van der Waals surface area (Å²) in [5, 5.41) is 2.02. The molecule has 0 aromatic heterocycles. The summed E-state index contributed by atoms with van der Waals surface area (Å²) >= 11 is 0. The maximum Gasteiger partial charge on any atom is 0.340 e. The van der Waals surface area contributed by atoms with Crippen LogP contribution in [-0.2, 0) is 28.0 Å². The van der Waals surface area contributed by atoms with Gasteiger partial charge in [0.2, 0.25) is 5.91 Å². The van der Waals surface area contributed by atoms with E-state index in [0.29, 0.717) is 12.1 Å². The predicted molar refractivity (Wildman–Crippen MR) is 152 cm³/mol. The van der Waals surface area contributed by atoms with Crippen molar-refractivity contribution in [1.82, 2.24) is 0 Å². The fraction of sp³-hybridized carbons (Fsp3) is 0.273. The molecule has 0 saturated heterocycles. The summed E-state index contributed by atoms with van der Waals surface area (Å²) in [6.45, 7) is 7.30. The van der Waals surface area contributed by atoms with Gasteiger partial charge in [0.05, 0.1) is 11.3 Å². The Labute approximate surface area is 224 Å². The van der Waals surface area contributed by atoms with Gasteiger partial charge in [-0.05, 0) is 57.3 Å². The van der Waals surface area contributed by atoms with Crippen molar-refractivity contribution >= 4 is 28.3 Å². The number of benzene rings is 4. The quantitative estimate of drug-likeness (QED) is 0.304. The molecule has 1 atom stereocenters. The van der Waals surface area contributed by atoms with Crippen molar-refractivity contribution in [2.45, 2.75) is 51.7 Å². The molecule has 1 heterocycles. The molecule has 0 radical (unpaired) electrons. The number of amides is 1. The molecule has 0 bridgehead atoms. The zero-order valence-electron chi connectivity index (χ0n) is 22.2. The molecule has 0 aliphatic carbocycles. The van der Waals surface area contributed by atoms with Crippen LogP contribution in [0.25, 0.3) is 10.8 Å². The Morgan fingerprint density at radius 1 is 0.921 bits per heavy atom. The molecule has 5 heteroatoms. The van der Waals surface area contributed by atoms with Crippen LogP contribution in [0.2, 0.25) is 0 Å². The number of nitrogens with two attached hydrogens (primary N) is 1. The number of carbonyl (C=O) groups excluding carboxylic acids is 2. The molecule has 5 rings (SSSR count). The predicted octanol–water partition coefficient (Wildman–Crippen LogP) is 6.47. The molecule has 4 aromatic carbocycles. The van der Waals surface area contributed by atoms with E-state index in [4.69, 9.17) is 10.5 Å². The lowest BCUT2D eigenvalue weighted by atomic mass is 9.87. The Balaban J connectivity index is 1.47. The van der Waals surface area contributed by atoms with Gasteiger partial charge in [-0.25, -0.2) is 4.79 Å². The van der Waals surface area contributed by atoms with Crippen LogP contribution in [0.1, 0.15) is 65.8 Å². The number of fused-ring (bicyclic) bond motifs is 2. The minimum Gasteiger partial charge on any atom is -0.457 e. The van der Waals surface area contributed by atoms with Gasteiger partial charge in [0.1, 0.15) is 12.6 Å². The van der Waals surface area contributed by atoms with Gasteiger partial charge in [-0.15, -0.1) is 0 Å². The Morgan fingerprint density at radius 3 is 2.37 bits per heavy atom. The molecule has 0 spiro atoms. The van der Waals surface area contributed by atoms with E-state index in [9.17, 15) is 9.59 Å². The monoisotopic (exact) mass is 506 g/mol. The Hall–Kier alpha value is -4.12. The first-order chi connectivity index (χ1) is 18.2. The third-order valence-corrected chi connectivity index (χ3v) is 7.36. The van der Waals surface area contributed by atoms with E-state index in [-0.39, 0.29) is 12.0 Å². The summed E-state index contributed by atoms with van der Waals surface area (Å²) in [6.07, 6.45) is 1.68. The van der Waals surface area contributed by atoms with Gasteiger partial charge in [-0.1, -0.05) is 99.6 Å². The normalized spacial score (nSPS) is 14.1. The van der Waals surface area contributed by atoms with Crippen LogP contribution in [0.15, 0.2) is 84.9 Å². The zero-order valence-corrected chi connectivity index (χ0v) is 22.2. The van der Waals surface area contributed by atoms with Crippen molar-refractivity contribution in [3.8, 4) is 0 Å². The lowest BCUT2D eigenvalue weighted by Gasteiger charge is -2.38. The van der Waals surface area contributed by atoms with Gasteiger partial charge in [0.25, 0.3) is 0 Å². The SMILES string of the molecule is CC(C)(C)c1ccc(COC(=O)c2cccc3c2N(C(C(N)=O)c2cccc4ccccc24)CCC3)cc1. The van der Waals surface area contributed by atoms with E-state index in [1.165, 1.54) is 5.56 Å². The van der Waals surface area contributed by atoms with E-state index in [1.54, 1.807) is 6.07 Å². The lowest BCUT2D eigenvalue weighted by molar-refractivity contribution is -0.119. The number of hydrogen-bond donors (Lipinski definition) is 1. The van der Waals surface area contributed by atoms with E-state index in [2.05, 4.69) is 32.9 Å². The van der Waals surface area contributed by atoms with E-state index in [1.807, 2.05) is 71.6 Å². The summed E-state index contributed by atoms with van der Waals surface area (Å²) < 4.78 is 5.79. The molecular weight excluding hydrogens is 472 g/mol. The van der Waals surface area contributed by atoms with Gasteiger partial charge in [-0.3, -0.25) is 4.79 Å². The maximum atomic E-state index is 13.4. The van der Waals surface area contributed by atoms with Crippen molar-refractivity contribution in [3.63, 3.8) is 0 Å². The second kappa shape index (κ2) is 10.3. The highest BCUT2D eigenvalue weighted by atomic mass is 16.5. The Kier molecular flexibility index (Phi) is 6.94.